The summed E-state index contributed by atoms with van der Waals surface area (Å²) in [5, 5.41) is 2.21. The van der Waals surface area contributed by atoms with Gasteiger partial charge in [-0.3, -0.25) is 14.9 Å². The number of imide groups is 2. The Morgan fingerprint density at radius 1 is 0.974 bits per heavy atom. The molecule has 0 atom stereocenters. The van der Waals surface area contributed by atoms with E-state index in [-0.39, 0.29) is 16.8 Å². The molecule has 4 amide bonds. The Balaban J connectivity index is 1.67. The van der Waals surface area contributed by atoms with Gasteiger partial charge in [-0.15, -0.1) is 0 Å². The molecule has 0 aromatic heterocycles. The number of halogens is 1. The number of carbonyl (C=O) groups is 4. The Hall–Kier alpha value is -3.99. The number of hydrogen-bond acceptors (Lipinski definition) is 6. The second-order valence-electron chi connectivity index (χ2n) is 8.85. The summed E-state index contributed by atoms with van der Waals surface area (Å²) in [6.45, 7) is 4.11. The van der Waals surface area contributed by atoms with Crippen LogP contribution in [0.4, 0.5) is 10.5 Å². The molecule has 0 bridgehead atoms. The van der Waals surface area contributed by atoms with Crippen LogP contribution in [0.1, 0.15) is 38.2 Å². The van der Waals surface area contributed by atoms with Crippen LogP contribution in [0.3, 0.4) is 0 Å². The molecule has 194 valence electrons. The number of aryl methyl sites for hydroxylation is 2. The molecule has 0 aliphatic carbocycles. The molecule has 4 rings (SSSR count). The van der Waals surface area contributed by atoms with E-state index >= 15 is 0 Å². The summed E-state index contributed by atoms with van der Waals surface area (Å²) in [6.07, 6.45) is 2.09. The topological polar surface area (TPSA) is 102 Å². The number of ether oxygens (including phenoxy) is 2. The quantitative estimate of drug-likeness (QED) is 0.180. The van der Waals surface area contributed by atoms with Gasteiger partial charge in [0.1, 0.15) is 11.3 Å². The zero-order valence-electron chi connectivity index (χ0n) is 21.3. The molecule has 3 aromatic carbocycles. The molecule has 1 saturated heterocycles. The van der Waals surface area contributed by atoms with E-state index in [1.54, 1.807) is 13.2 Å². The van der Waals surface area contributed by atoms with Gasteiger partial charge >= 0.3 is 12.0 Å². The summed E-state index contributed by atoms with van der Waals surface area (Å²) in [7, 11) is 2.83. The SMILES string of the molecule is COC(=O)c1ccc(N2C(=O)NC(=O)/C(=C\c3cc(I)c(Cc4cc(C)cc(C)c4)c(OC)c3)C2=O)cc1. The summed E-state index contributed by atoms with van der Waals surface area (Å²) in [4.78, 5) is 51.0. The molecule has 8 nitrogen and oxygen atoms in total. The van der Waals surface area contributed by atoms with Crippen molar-refractivity contribution < 1.29 is 28.7 Å². The van der Waals surface area contributed by atoms with Crippen LogP contribution in [0, 0.1) is 17.4 Å². The van der Waals surface area contributed by atoms with Crippen molar-refractivity contribution in [3.63, 3.8) is 0 Å². The van der Waals surface area contributed by atoms with Gasteiger partial charge in [0.2, 0.25) is 0 Å². The van der Waals surface area contributed by atoms with Gasteiger partial charge in [-0.2, -0.15) is 0 Å². The average molecular weight is 624 g/mol. The number of urea groups is 1. The van der Waals surface area contributed by atoms with E-state index in [0.717, 1.165) is 19.6 Å². The Bertz CT molecular complexity index is 1470. The van der Waals surface area contributed by atoms with Crippen molar-refractivity contribution in [2.75, 3.05) is 19.1 Å². The molecule has 1 fully saturated rings. The minimum Gasteiger partial charge on any atom is -0.496 e. The Morgan fingerprint density at radius 3 is 2.24 bits per heavy atom. The fourth-order valence-corrected chi connectivity index (χ4v) is 5.18. The fourth-order valence-electron chi connectivity index (χ4n) is 4.37. The molecule has 38 heavy (non-hydrogen) atoms. The van der Waals surface area contributed by atoms with Crippen molar-refractivity contribution in [3.05, 3.63) is 97.1 Å². The van der Waals surface area contributed by atoms with E-state index in [1.807, 2.05) is 6.07 Å². The number of carbonyl (C=O) groups excluding carboxylic acids is 4. The van der Waals surface area contributed by atoms with Crippen molar-refractivity contribution in [2.45, 2.75) is 20.3 Å². The lowest BCUT2D eigenvalue weighted by Crippen LogP contribution is -2.54. The fraction of sp³-hybridized carbons (Fsp3) is 0.172. The standard InChI is InChI=1S/C29H25IN2O6/c1-16-9-17(2)11-18(10-16)12-22-24(30)14-19(15-25(22)37-3)13-23-26(33)31-29(36)32(27(23)34)21-7-5-20(6-8-21)28(35)38-4/h5-11,13-15H,12H2,1-4H3,(H,31,33,36)/b23-13+. The first-order chi connectivity index (χ1) is 18.1. The highest BCUT2D eigenvalue weighted by atomic mass is 127. The minimum absolute atomic E-state index is 0.203. The number of nitrogens with one attached hydrogen (secondary N) is 1. The second-order valence-corrected chi connectivity index (χ2v) is 10.0. The zero-order valence-corrected chi connectivity index (χ0v) is 23.4. The lowest BCUT2D eigenvalue weighted by molar-refractivity contribution is -0.122. The maximum Gasteiger partial charge on any atom is 0.337 e. The highest BCUT2D eigenvalue weighted by Crippen LogP contribution is 2.31. The molecule has 1 aliphatic heterocycles. The molecule has 0 spiro atoms. The van der Waals surface area contributed by atoms with Crippen molar-refractivity contribution in [1.29, 1.82) is 0 Å². The first-order valence-corrected chi connectivity index (χ1v) is 12.7. The molecular formula is C29H25IN2O6. The van der Waals surface area contributed by atoms with E-state index in [9.17, 15) is 19.2 Å². The smallest absolute Gasteiger partial charge is 0.337 e. The van der Waals surface area contributed by atoms with Crippen LogP contribution in [0.5, 0.6) is 5.75 Å². The van der Waals surface area contributed by atoms with E-state index in [2.05, 4.69) is 64.7 Å². The van der Waals surface area contributed by atoms with Gasteiger partial charge < -0.3 is 9.47 Å². The number of methoxy groups -OCH3 is 2. The van der Waals surface area contributed by atoms with Crippen LogP contribution in [-0.4, -0.2) is 38.0 Å². The lowest BCUT2D eigenvalue weighted by Gasteiger charge is -2.26. The molecular weight excluding hydrogens is 599 g/mol. The normalized spacial score (nSPS) is 14.5. The molecule has 1 N–H and O–H groups in total. The van der Waals surface area contributed by atoms with E-state index in [4.69, 9.17) is 4.74 Å². The Kier molecular flexibility index (Phi) is 7.96. The van der Waals surface area contributed by atoms with Gasteiger partial charge in [-0.1, -0.05) is 29.3 Å². The number of nitrogens with zero attached hydrogens (tertiary/aromatic N) is 1. The maximum atomic E-state index is 13.3. The Morgan fingerprint density at radius 2 is 1.63 bits per heavy atom. The number of amides is 4. The van der Waals surface area contributed by atoms with Crippen LogP contribution in [-0.2, 0) is 20.7 Å². The predicted molar refractivity (Wildman–Crippen MR) is 151 cm³/mol. The largest absolute Gasteiger partial charge is 0.496 e. The van der Waals surface area contributed by atoms with Gasteiger partial charge in [0, 0.05) is 15.6 Å². The van der Waals surface area contributed by atoms with Crippen molar-refractivity contribution in [3.8, 4) is 5.75 Å². The highest BCUT2D eigenvalue weighted by molar-refractivity contribution is 14.1. The van der Waals surface area contributed by atoms with Crippen LogP contribution in [0.2, 0.25) is 0 Å². The summed E-state index contributed by atoms with van der Waals surface area (Å²) >= 11 is 2.21. The van der Waals surface area contributed by atoms with E-state index < -0.39 is 23.8 Å². The van der Waals surface area contributed by atoms with Gasteiger partial charge in [0.25, 0.3) is 11.8 Å². The first kappa shape index (κ1) is 27.1. The third-order valence-electron chi connectivity index (χ3n) is 6.02. The van der Waals surface area contributed by atoms with Gasteiger partial charge in [0.15, 0.2) is 0 Å². The minimum atomic E-state index is -0.876. The molecule has 0 radical (unpaired) electrons. The van der Waals surface area contributed by atoms with Gasteiger partial charge in [0.05, 0.1) is 25.5 Å². The summed E-state index contributed by atoms with van der Waals surface area (Å²) in [5.41, 5.74) is 5.32. The van der Waals surface area contributed by atoms with Crippen molar-refractivity contribution in [1.82, 2.24) is 5.32 Å². The summed E-state index contributed by atoms with van der Waals surface area (Å²) < 4.78 is 11.3. The van der Waals surface area contributed by atoms with Crippen molar-refractivity contribution >= 4 is 58.2 Å². The summed E-state index contributed by atoms with van der Waals surface area (Å²) in [5.74, 6) is -1.50. The number of barbiturate groups is 1. The third kappa shape index (κ3) is 5.62. The average Bonchev–Trinajstić information content (AvgIpc) is 2.87. The van der Waals surface area contributed by atoms with E-state index in [0.29, 0.717) is 17.7 Å². The van der Waals surface area contributed by atoms with Gasteiger partial charge in [-0.05, 0) is 90.0 Å². The second kappa shape index (κ2) is 11.2. The molecule has 3 aromatic rings. The lowest BCUT2D eigenvalue weighted by atomic mass is 9.98. The van der Waals surface area contributed by atoms with E-state index in [1.165, 1.54) is 48.6 Å². The molecule has 0 saturated carbocycles. The molecule has 9 heteroatoms. The number of benzene rings is 3. The number of rotatable bonds is 6. The summed E-state index contributed by atoms with van der Waals surface area (Å²) in [6, 6.07) is 14.9. The molecule has 1 heterocycles. The molecule has 1 aliphatic rings. The maximum absolute atomic E-state index is 13.3. The highest BCUT2D eigenvalue weighted by Gasteiger charge is 2.37. The third-order valence-corrected chi connectivity index (χ3v) is 6.98. The van der Waals surface area contributed by atoms with Crippen LogP contribution >= 0.6 is 22.6 Å². The number of esters is 1. The van der Waals surface area contributed by atoms with Crippen LogP contribution in [0.15, 0.2) is 60.2 Å². The Labute approximate surface area is 233 Å². The van der Waals surface area contributed by atoms with Gasteiger partial charge in [-0.25, -0.2) is 14.5 Å². The van der Waals surface area contributed by atoms with Crippen LogP contribution in [0.25, 0.3) is 6.08 Å². The number of hydrogen-bond donors (Lipinski definition) is 1. The monoisotopic (exact) mass is 624 g/mol. The van der Waals surface area contributed by atoms with Crippen LogP contribution < -0.4 is 15.0 Å². The first-order valence-electron chi connectivity index (χ1n) is 11.6. The predicted octanol–water partition coefficient (Wildman–Crippen LogP) is 4.96. The zero-order chi connectivity index (χ0) is 27.6. The number of anilines is 1. The van der Waals surface area contributed by atoms with Crippen molar-refractivity contribution in [2.24, 2.45) is 0 Å². The molecule has 0 unspecified atom stereocenters.